The summed E-state index contributed by atoms with van der Waals surface area (Å²) in [4.78, 5) is 8.77. The predicted octanol–water partition coefficient (Wildman–Crippen LogP) is 4.22. The molecule has 4 nitrogen and oxygen atoms in total. The fourth-order valence-electron chi connectivity index (χ4n) is 2.17. The van der Waals surface area contributed by atoms with Gasteiger partial charge in [-0.25, -0.2) is 4.98 Å². The van der Waals surface area contributed by atoms with Crippen molar-refractivity contribution in [2.45, 2.75) is 0 Å². The molecule has 0 saturated carbocycles. The molecule has 21 heavy (non-hydrogen) atoms. The summed E-state index contributed by atoms with van der Waals surface area (Å²) in [6, 6.07) is 15.4. The molecule has 2 aromatic heterocycles. The molecule has 0 saturated heterocycles. The third-order valence-corrected chi connectivity index (χ3v) is 4.07. The first-order chi connectivity index (χ1) is 10.3. The van der Waals surface area contributed by atoms with Crippen LogP contribution in [0.25, 0.3) is 21.1 Å². The summed E-state index contributed by atoms with van der Waals surface area (Å²) in [6.45, 7) is 0. The maximum absolute atomic E-state index is 5.84. The van der Waals surface area contributed by atoms with E-state index in [0.29, 0.717) is 5.19 Å². The summed E-state index contributed by atoms with van der Waals surface area (Å²) in [6.07, 6.45) is 1.77. The lowest BCUT2D eigenvalue weighted by Gasteiger charge is -2.02. The van der Waals surface area contributed by atoms with E-state index in [1.54, 1.807) is 6.20 Å². The van der Waals surface area contributed by atoms with Crippen molar-refractivity contribution < 1.29 is 4.74 Å². The molecule has 0 amide bonds. The first kappa shape index (κ1) is 12.1. The van der Waals surface area contributed by atoms with Crippen molar-refractivity contribution in [1.29, 1.82) is 0 Å². The summed E-state index contributed by atoms with van der Waals surface area (Å²) < 4.78 is 6.86. The minimum Gasteiger partial charge on any atom is -0.431 e. The van der Waals surface area contributed by atoms with Gasteiger partial charge in [0.15, 0.2) is 0 Å². The number of pyridine rings is 1. The minimum absolute atomic E-state index is 0.603. The third kappa shape index (κ3) is 2.28. The average molecular weight is 293 g/mol. The number of hydrogen-bond donors (Lipinski definition) is 1. The van der Waals surface area contributed by atoms with Crippen molar-refractivity contribution in [2.24, 2.45) is 0 Å². The van der Waals surface area contributed by atoms with E-state index in [0.717, 1.165) is 32.6 Å². The normalized spacial score (nSPS) is 11.0. The smallest absolute Gasteiger partial charge is 0.279 e. The topological polar surface area (TPSA) is 61.0 Å². The molecule has 0 aliphatic carbocycles. The number of thiazole rings is 1. The summed E-state index contributed by atoms with van der Waals surface area (Å²) in [7, 11) is 0. The maximum Gasteiger partial charge on any atom is 0.279 e. The van der Waals surface area contributed by atoms with Gasteiger partial charge in [0.05, 0.1) is 15.7 Å². The van der Waals surface area contributed by atoms with Crippen molar-refractivity contribution >= 4 is 38.1 Å². The number of fused-ring (bicyclic) bond motifs is 2. The number of rotatable bonds is 2. The summed E-state index contributed by atoms with van der Waals surface area (Å²) >= 11 is 1.48. The molecule has 0 aliphatic rings. The van der Waals surface area contributed by atoms with E-state index in [2.05, 4.69) is 9.97 Å². The van der Waals surface area contributed by atoms with Gasteiger partial charge in [-0.2, -0.15) is 0 Å². The van der Waals surface area contributed by atoms with Crippen molar-refractivity contribution in [3.8, 4) is 10.9 Å². The van der Waals surface area contributed by atoms with Crippen LogP contribution in [0, 0.1) is 0 Å². The molecular weight excluding hydrogens is 282 g/mol. The SMILES string of the molecule is Nc1ccc2nc(Oc3ccc4cccnc4c3)sc2c1. The zero-order valence-electron chi connectivity index (χ0n) is 11.0. The van der Waals surface area contributed by atoms with Crippen molar-refractivity contribution in [1.82, 2.24) is 9.97 Å². The van der Waals surface area contributed by atoms with Gasteiger partial charge < -0.3 is 10.5 Å². The molecule has 2 N–H and O–H groups in total. The highest BCUT2D eigenvalue weighted by molar-refractivity contribution is 7.20. The van der Waals surface area contributed by atoms with Crippen molar-refractivity contribution in [2.75, 3.05) is 5.73 Å². The Morgan fingerprint density at radius 2 is 1.95 bits per heavy atom. The van der Waals surface area contributed by atoms with Crippen molar-refractivity contribution in [3.05, 3.63) is 54.7 Å². The van der Waals surface area contributed by atoms with Gasteiger partial charge >= 0.3 is 0 Å². The Bertz CT molecular complexity index is 948. The third-order valence-electron chi connectivity index (χ3n) is 3.18. The van der Waals surface area contributed by atoms with E-state index in [9.17, 15) is 0 Å². The number of hydrogen-bond acceptors (Lipinski definition) is 5. The number of ether oxygens (including phenoxy) is 1. The molecule has 4 aromatic rings. The van der Waals surface area contributed by atoms with Crippen LogP contribution in [0.4, 0.5) is 5.69 Å². The Balaban J connectivity index is 1.71. The Kier molecular flexibility index (Phi) is 2.72. The van der Waals surface area contributed by atoms with E-state index in [1.165, 1.54) is 11.3 Å². The molecule has 0 fully saturated rings. The van der Waals surface area contributed by atoms with Crippen LogP contribution in [-0.4, -0.2) is 9.97 Å². The second-order valence-corrected chi connectivity index (χ2v) is 5.66. The first-order valence-corrected chi connectivity index (χ1v) is 7.28. The van der Waals surface area contributed by atoms with Crippen LogP contribution in [0.2, 0.25) is 0 Å². The van der Waals surface area contributed by atoms with E-state index in [-0.39, 0.29) is 0 Å². The predicted molar refractivity (Wildman–Crippen MR) is 85.8 cm³/mol. The molecule has 2 heterocycles. The number of benzene rings is 2. The average Bonchev–Trinajstić information content (AvgIpc) is 2.88. The Morgan fingerprint density at radius 3 is 2.90 bits per heavy atom. The molecule has 0 unspecified atom stereocenters. The van der Waals surface area contributed by atoms with E-state index >= 15 is 0 Å². The molecule has 0 atom stereocenters. The quantitative estimate of drug-likeness (QED) is 0.562. The second kappa shape index (κ2) is 4.71. The summed E-state index contributed by atoms with van der Waals surface area (Å²) in [5.74, 6) is 0.730. The summed E-state index contributed by atoms with van der Waals surface area (Å²) in [5.41, 5.74) is 8.30. The Morgan fingerprint density at radius 1 is 1.00 bits per heavy atom. The molecule has 0 bridgehead atoms. The lowest BCUT2D eigenvalue weighted by Crippen LogP contribution is -1.84. The van der Waals surface area contributed by atoms with E-state index < -0.39 is 0 Å². The van der Waals surface area contributed by atoms with Crippen LogP contribution in [-0.2, 0) is 0 Å². The van der Waals surface area contributed by atoms with Gasteiger partial charge in [-0.3, -0.25) is 4.98 Å². The number of nitrogen functional groups attached to an aromatic ring is 1. The zero-order chi connectivity index (χ0) is 14.2. The lowest BCUT2D eigenvalue weighted by molar-refractivity contribution is 0.481. The Hall–Kier alpha value is -2.66. The highest BCUT2D eigenvalue weighted by Crippen LogP contribution is 2.33. The fraction of sp³-hybridized carbons (Fsp3) is 0. The molecule has 4 rings (SSSR count). The lowest BCUT2D eigenvalue weighted by atomic mass is 10.2. The monoisotopic (exact) mass is 293 g/mol. The first-order valence-electron chi connectivity index (χ1n) is 6.47. The number of anilines is 1. The van der Waals surface area contributed by atoms with Crippen LogP contribution in [0.15, 0.2) is 54.7 Å². The summed E-state index contributed by atoms with van der Waals surface area (Å²) in [5, 5.41) is 1.69. The molecule has 0 aliphatic heterocycles. The number of nitrogens with two attached hydrogens (primary N) is 1. The number of nitrogens with zero attached hydrogens (tertiary/aromatic N) is 2. The van der Waals surface area contributed by atoms with Crippen LogP contribution in [0.5, 0.6) is 10.9 Å². The van der Waals surface area contributed by atoms with Crippen LogP contribution >= 0.6 is 11.3 Å². The molecular formula is C16H11N3OS. The van der Waals surface area contributed by atoms with Gasteiger partial charge in [0.25, 0.3) is 5.19 Å². The Labute approximate surface area is 124 Å². The zero-order valence-corrected chi connectivity index (χ0v) is 11.8. The van der Waals surface area contributed by atoms with Gasteiger partial charge in [-0.1, -0.05) is 17.4 Å². The highest BCUT2D eigenvalue weighted by Gasteiger charge is 2.07. The molecule has 0 radical (unpaired) electrons. The molecule has 2 aromatic carbocycles. The van der Waals surface area contributed by atoms with Crippen LogP contribution in [0.1, 0.15) is 0 Å². The van der Waals surface area contributed by atoms with Crippen LogP contribution in [0.3, 0.4) is 0 Å². The highest BCUT2D eigenvalue weighted by atomic mass is 32.1. The van der Waals surface area contributed by atoms with Gasteiger partial charge in [-0.15, -0.1) is 0 Å². The number of aromatic nitrogens is 2. The minimum atomic E-state index is 0.603. The largest absolute Gasteiger partial charge is 0.431 e. The standard InChI is InChI=1S/C16H11N3OS/c17-11-4-6-13-15(8-11)21-16(19-13)20-12-5-3-10-2-1-7-18-14(10)9-12/h1-9H,17H2. The van der Waals surface area contributed by atoms with E-state index in [4.69, 9.17) is 10.5 Å². The van der Waals surface area contributed by atoms with Crippen LogP contribution < -0.4 is 10.5 Å². The maximum atomic E-state index is 5.84. The molecule has 0 spiro atoms. The molecule has 5 heteroatoms. The second-order valence-electron chi connectivity index (χ2n) is 4.67. The van der Waals surface area contributed by atoms with Gasteiger partial charge in [-0.05, 0) is 36.4 Å². The van der Waals surface area contributed by atoms with Crippen molar-refractivity contribution in [3.63, 3.8) is 0 Å². The van der Waals surface area contributed by atoms with Gasteiger partial charge in [0.1, 0.15) is 5.75 Å². The van der Waals surface area contributed by atoms with Gasteiger partial charge in [0, 0.05) is 23.3 Å². The fourth-order valence-corrected chi connectivity index (χ4v) is 3.06. The van der Waals surface area contributed by atoms with Gasteiger partial charge in [0.2, 0.25) is 0 Å². The van der Waals surface area contributed by atoms with E-state index in [1.807, 2.05) is 48.5 Å². The molecule has 102 valence electrons.